The summed E-state index contributed by atoms with van der Waals surface area (Å²) in [7, 11) is 0. The maximum absolute atomic E-state index is 11.7. The van der Waals surface area contributed by atoms with Gasteiger partial charge < -0.3 is 10.5 Å². The Morgan fingerprint density at radius 3 is 2.62 bits per heavy atom. The van der Waals surface area contributed by atoms with Crippen molar-refractivity contribution in [3.8, 4) is 6.07 Å². The van der Waals surface area contributed by atoms with E-state index in [4.69, 9.17) is 15.7 Å². The van der Waals surface area contributed by atoms with Gasteiger partial charge in [0, 0.05) is 0 Å². The SMILES string of the molecule is Cc1nn(CC(=O)OCCCCC(C)(C)C#N)c(C)c1N. The smallest absolute Gasteiger partial charge is 0.327 e. The molecule has 0 saturated heterocycles. The molecule has 0 aliphatic rings. The lowest BCUT2D eigenvalue weighted by molar-refractivity contribution is -0.144. The predicted octanol–water partition coefficient (Wildman–Crippen LogP) is 2.35. The summed E-state index contributed by atoms with van der Waals surface area (Å²) in [6.07, 6.45) is 2.42. The van der Waals surface area contributed by atoms with Crippen LogP contribution in [0.3, 0.4) is 0 Å². The first-order chi connectivity index (χ1) is 9.76. The first-order valence-electron chi connectivity index (χ1n) is 7.13. The van der Waals surface area contributed by atoms with Crippen molar-refractivity contribution in [2.75, 3.05) is 12.3 Å². The topological polar surface area (TPSA) is 93.9 Å². The van der Waals surface area contributed by atoms with Crippen LogP contribution in [0.15, 0.2) is 0 Å². The molecule has 1 heterocycles. The summed E-state index contributed by atoms with van der Waals surface area (Å²) in [6.45, 7) is 7.90. The minimum atomic E-state index is -0.319. The van der Waals surface area contributed by atoms with E-state index in [1.54, 1.807) is 11.6 Å². The molecule has 2 N–H and O–H groups in total. The fraction of sp³-hybridized carbons (Fsp3) is 0.667. The molecule has 6 nitrogen and oxygen atoms in total. The zero-order valence-electron chi connectivity index (χ0n) is 13.3. The highest BCUT2D eigenvalue weighted by Crippen LogP contribution is 2.21. The van der Waals surface area contributed by atoms with Crippen LogP contribution in [0.2, 0.25) is 0 Å². The predicted molar refractivity (Wildman–Crippen MR) is 80.3 cm³/mol. The van der Waals surface area contributed by atoms with Crippen LogP contribution in [0.4, 0.5) is 5.69 Å². The zero-order chi connectivity index (χ0) is 16.0. The van der Waals surface area contributed by atoms with Crippen molar-refractivity contribution in [3.05, 3.63) is 11.4 Å². The van der Waals surface area contributed by atoms with Crippen molar-refractivity contribution < 1.29 is 9.53 Å². The van der Waals surface area contributed by atoms with Crippen molar-refractivity contribution in [3.63, 3.8) is 0 Å². The molecule has 0 spiro atoms. The number of nitriles is 1. The van der Waals surface area contributed by atoms with E-state index in [-0.39, 0.29) is 17.9 Å². The van der Waals surface area contributed by atoms with E-state index in [0.717, 1.165) is 30.7 Å². The molecule has 0 amide bonds. The van der Waals surface area contributed by atoms with Crippen LogP contribution in [0.25, 0.3) is 0 Å². The van der Waals surface area contributed by atoms with Gasteiger partial charge in [-0.3, -0.25) is 9.48 Å². The number of hydrogen-bond acceptors (Lipinski definition) is 5. The van der Waals surface area contributed by atoms with Gasteiger partial charge in [-0.2, -0.15) is 10.4 Å². The Hall–Kier alpha value is -2.03. The number of carbonyl (C=O) groups excluding carboxylic acids is 1. The highest BCUT2D eigenvalue weighted by molar-refractivity contribution is 5.69. The second-order valence-corrected chi connectivity index (χ2v) is 5.92. The van der Waals surface area contributed by atoms with Crippen LogP contribution in [0.1, 0.15) is 44.5 Å². The molecule has 0 bridgehead atoms. The van der Waals surface area contributed by atoms with Gasteiger partial charge in [0.05, 0.1) is 35.2 Å². The van der Waals surface area contributed by atoms with Crippen molar-refractivity contribution in [1.29, 1.82) is 5.26 Å². The van der Waals surface area contributed by atoms with Crippen LogP contribution in [0.5, 0.6) is 0 Å². The lowest BCUT2D eigenvalue weighted by Gasteiger charge is -2.14. The number of nitrogen functional groups attached to an aromatic ring is 1. The number of carbonyl (C=O) groups is 1. The van der Waals surface area contributed by atoms with E-state index in [2.05, 4.69) is 11.2 Å². The van der Waals surface area contributed by atoms with Crippen molar-refractivity contribution in [2.45, 2.75) is 53.5 Å². The van der Waals surface area contributed by atoms with Gasteiger partial charge in [0.15, 0.2) is 0 Å². The van der Waals surface area contributed by atoms with E-state index in [1.807, 2.05) is 20.8 Å². The number of unbranched alkanes of at least 4 members (excludes halogenated alkanes) is 1. The largest absolute Gasteiger partial charge is 0.464 e. The highest BCUT2D eigenvalue weighted by atomic mass is 16.5. The van der Waals surface area contributed by atoms with Gasteiger partial charge in [0.25, 0.3) is 0 Å². The molecule has 0 aliphatic carbocycles. The van der Waals surface area contributed by atoms with Gasteiger partial charge in [-0.25, -0.2) is 0 Å². The number of aromatic nitrogens is 2. The molecule has 0 aliphatic heterocycles. The molecule has 0 saturated carbocycles. The first kappa shape index (κ1) is 17.0. The maximum Gasteiger partial charge on any atom is 0.327 e. The first-order valence-corrected chi connectivity index (χ1v) is 7.13. The number of nitrogens with two attached hydrogens (primary N) is 1. The zero-order valence-corrected chi connectivity index (χ0v) is 13.3. The lowest BCUT2D eigenvalue weighted by Crippen LogP contribution is -2.16. The van der Waals surface area contributed by atoms with Gasteiger partial charge >= 0.3 is 5.97 Å². The minimum Gasteiger partial charge on any atom is -0.464 e. The molecule has 0 fully saturated rings. The normalized spacial score (nSPS) is 11.2. The van der Waals surface area contributed by atoms with Crippen LogP contribution in [-0.2, 0) is 16.1 Å². The molecule has 1 aromatic heterocycles. The number of aryl methyl sites for hydroxylation is 1. The average molecular weight is 292 g/mol. The second-order valence-electron chi connectivity index (χ2n) is 5.92. The third-order valence-corrected chi connectivity index (χ3v) is 3.48. The molecule has 116 valence electrons. The number of rotatable bonds is 7. The number of esters is 1. The summed E-state index contributed by atoms with van der Waals surface area (Å²) in [4.78, 5) is 11.7. The van der Waals surface area contributed by atoms with E-state index >= 15 is 0 Å². The fourth-order valence-electron chi connectivity index (χ4n) is 1.94. The number of hydrogen-bond donors (Lipinski definition) is 1. The molecule has 1 aromatic rings. The van der Waals surface area contributed by atoms with E-state index in [9.17, 15) is 4.79 Å². The standard InChI is InChI=1S/C15H24N4O2/c1-11-14(17)12(2)19(18-11)9-13(20)21-8-6-5-7-15(3,4)10-16/h5-9,17H2,1-4H3. The van der Waals surface area contributed by atoms with Gasteiger partial charge in [0.1, 0.15) is 6.54 Å². The van der Waals surface area contributed by atoms with Crippen molar-refractivity contribution in [1.82, 2.24) is 9.78 Å². The molecular formula is C15H24N4O2. The van der Waals surface area contributed by atoms with E-state index < -0.39 is 0 Å². The number of ether oxygens (including phenoxy) is 1. The van der Waals surface area contributed by atoms with Crippen molar-refractivity contribution in [2.24, 2.45) is 5.41 Å². The van der Waals surface area contributed by atoms with Gasteiger partial charge in [-0.15, -0.1) is 0 Å². The summed E-state index contributed by atoms with van der Waals surface area (Å²) in [6, 6.07) is 2.26. The van der Waals surface area contributed by atoms with E-state index in [0.29, 0.717) is 12.3 Å². The third-order valence-electron chi connectivity index (χ3n) is 3.48. The van der Waals surface area contributed by atoms with E-state index in [1.165, 1.54) is 0 Å². The summed E-state index contributed by atoms with van der Waals surface area (Å²) in [5, 5.41) is 13.1. The second kappa shape index (κ2) is 7.11. The lowest BCUT2D eigenvalue weighted by atomic mass is 9.89. The molecule has 0 radical (unpaired) electrons. The third kappa shape index (κ3) is 5.10. The Balaban J connectivity index is 2.29. The Labute approximate surface area is 125 Å². The van der Waals surface area contributed by atoms with Crippen LogP contribution in [-0.4, -0.2) is 22.4 Å². The van der Waals surface area contributed by atoms with Crippen LogP contribution < -0.4 is 5.73 Å². The number of anilines is 1. The fourth-order valence-corrected chi connectivity index (χ4v) is 1.94. The minimum absolute atomic E-state index is 0.0769. The quantitative estimate of drug-likeness (QED) is 0.615. The summed E-state index contributed by atoms with van der Waals surface area (Å²) < 4.78 is 6.74. The Morgan fingerprint density at radius 1 is 1.43 bits per heavy atom. The van der Waals surface area contributed by atoms with Crippen molar-refractivity contribution >= 4 is 11.7 Å². The van der Waals surface area contributed by atoms with Crippen LogP contribution in [0, 0.1) is 30.6 Å². The molecule has 0 atom stereocenters. The molecule has 0 aromatic carbocycles. The Morgan fingerprint density at radius 2 is 2.10 bits per heavy atom. The molecule has 6 heteroatoms. The monoisotopic (exact) mass is 292 g/mol. The highest BCUT2D eigenvalue weighted by Gasteiger charge is 2.16. The van der Waals surface area contributed by atoms with Crippen LogP contribution >= 0.6 is 0 Å². The molecule has 21 heavy (non-hydrogen) atoms. The Kier molecular flexibility index (Phi) is 5.77. The van der Waals surface area contributed by atoms with Gasteiger partial charge in [0.2, 0.25) is 0 Å². The van der Waals surface area contributed by atoms with Gasteiger partial charge in [-0.05, 0) is 47.0 Å². The summed E-state index contributed by atoms with van der Waals surface area (Å²) >= 11 is 0. The molecule has 1 rings (SSSR count). The number of nitrogens with zero attached hydrogens (tertiary/aromatic N) is 3. The summed E-state index contributed by atoms with van der Waals surface area (Å²) in [5.74, 6) is -0.319. The molecule has 0 unspecified atom stereocenters. The summed E-state index contributed by atoms with van der Waals surface area (Å²) in [5.41, 5.74) is 7.61. The maximum atomic E-state index is 11.7. The molecular weight excluding hydrogens is 268 g/mol. The van der Waals surface area contributed by atoms with Gasteiger partial charge in [-0.1, -0.05) is 0 Å². The average Bonchev–Trinajstić information content (AvgIpc) is 2.66. The Bertz CT molecular complexity index is 541.